The zero-order chi connectivity index (χ0) is 14.8. The number of ether oxygens (including phenoxy) is 1. The fourth-order valence-corrected chi connectivity index (χ4v) is 3.65. The molecule has 2 rings (SSSR count). The summed E-state index contributed by atoms with van der Waals surface area (Å²) >= 11 is 0. The normalized spacial score (nSPS) is 20.6. The third-order valence-electron chi connectivity index (χ3n) is 3.15. The van der Waals surface area contributed by atoms with Gasteiger partial charge in [-0.3, -0.25) is 4.79 Å². The largest absolute Gasteiger partial charge is 0.497 e. The number of sulfonamides is 1. The topological polar surface area (TPSA) is 95.9 Å². The van der Waals surface area contributed by atoms with Gasteiger partial charge in [-0.25, -0.2) is 8.42 Å². The van der Waals surface area contributed by atoms with E-state index in [2.05, 4.69) is 5.32 Å². The third kappa shape index (κ3) is 2.77. The summed E-state index contributed by atoms with van der Waals surface area (Å²) in [6.45, 7) is 0.662. The van der Waals surface area contributed by atoms with Crippen LogP contribution in [0.25, 0.3) is 0 Å². The number of nitrogens with zero attached hydrogens (tertiary/aromatic N) is 1. The van der Waals surface area contributed by atoms with Gasteiger partial charge in [0, 0.05) is 19.6 Å². The number of carboxylic acid groups (broad SMARTS) is 1. The van der Waals surface area contributed by atoms with E-state index in [1.807, 2.05) is 0 Å². The lowest BCUT2D eigenvalue weighted by atomic mass is 10.2. The van der Waals surface area contributed by atoms with Crippen molar-refractivity contribution in [2.24, 2.45) is 0 Å². The van der Waals surface area contributed by atoms with Gasteiger partial charge >= 0.3 is 5.97 Å². The first-order chi connectivity index (χ1) is 9.46. The van der Waals surface area contributed by atoms with Crippen LogP contribution in [-0.4, -0.2) is 56.6 Å². The lowest BCUT2D eigenvalue weighted by Gasteiger charge is -2.32. The van der Waals surface area contributed by atoms with Gasteiger partial charge in [-0.05, 0) is 24.3 Å². The van der Waals surface area contributed by atoms with Crippen LogP contribution in [0.15, 0.2) is 29.2 Å². The van der Waals surface area contributed by atoms with Crippen LogP contribution in [0.4, 0.5) is 0 Å². The molecule has 2 N–H and O–H groups in total. The van der Waals surface area contributed by atoms with Gasteiger partial charge in [0.1, 0.15) is 11.8 Å². The van der Waals surface area contributed by atoms with E-state index in [4.69, 9.17) is 9.84 Å². The lowest BCUT2D eigenvalue weighted by molar-refractivity contribution is -0.141. The van der Waals surface area contributed by atoms with E-state index in [0.717, 1.165) is 4.31 Å². The first-order valence-electron chi connectivity index (χ1n) is 6.06. The third-order valence-corrected chi connectivity index (χ3v) is 5.07. The fourth-order valence-electron chi connectivity index (χ4n) is 2.07. The fraction of sp³-hybridized carbons (Fsp3) is 0.417. The highest BCUT2D eigenvalue weighted by atomic mass is 32.2. The molecule has 0 aromatic heterocycles. The van der Waals surface area contributed by atoms with Crippen molar-refractivity contribution in [2.45, 2.75) is 10.9 Å². The van der Waals surface area contributed by atoms with Gasteiger partial charge in [-0.1, -0.05) is 0 Å². The maximum absolute atomic E-state index is 12.5. The van der Waals surface area contributed by atoms with Crippen LogP contribution < -0.4 is 10.1 Å². The Hall–Kier alpha value is -1.64. The second-order valence-electron chi connectivity index (χ2n) is 4.35. The van der Waals surface area contributed by atoms with Gasteiger partial charge in [-0.2, -0.15) is 4.31 Å². The number of aliphatic carboxylic acids is 1. The molecule has 0 spiro atoms. The summed E-state index contributed by atoms with van der Waals surface area (Å²) < 4.78 is 31.0. The van der Waals surface area contributed by atoms with Crippen LogP contribution >= 0.6 is 0 Å². The zero-order valence-corrected chi connectivity index (χ0v) is 11.8. The standard InChI is InChI=1S/C12H16N2O5S/c1-19-9-2-4-10(5-3-9)20(17,18)14-7-6-13-8-11(14)12(15)16/h2-5,11,13H,6-8H2,1H3,(H,15,16). The Balaban J connectivity index is 2.34. The van der Waals surface area contributed by atoms with Crippen LogP contribution in [0.1, 0.15) is 0 Å². The van der Waals surface area contributed by atoms with Gasteiger partial charge in [0.15, 0.2) is 0 Å². The van der Waals surface area contributed by atoms with Crippen molar-refractivity contribution in [3.05, 3.63) is 24.3 Å². The molecule has 1 unspecified atom stereocenters. The van der Waals surface area contributed by atoms with Crippen molar-refractivity contribution < 1.29 is 23.1 Å². The van der Waals surface area contributed by atoms with Crippen molar-refractivity contribution in [1.29, 1.82) is 0 Å². The van der Waals surface area contributed by atoms with Gasteiger partial charge in [0.2, 0.25) is 10.0 Å². The Labute approximate surface area is 117 Å². The minimum absolute atomic E-state index is 0.0615. The van der Waals surface area contributed by atoms with Crippen molar-refractivity contribution in [3.63, 3.8) is 0 Å². The van der Waals surface area contributed by atoms with Gasteiger partial charge in [-0.15, -0.1) is 0 Å². The molecule has 1 fully saturated rings. The van der Waals surface area contributed by atoms with Gasteiger partial charge < -0.3 is 15.2 Å². The second-order valence-corrected chi connectivity index (χ2v) is 6.24. The van der Waals surface area contributed by atoms with Crippen molar-refractivity contribution >= 4 is 16.0 Å². The van der Waals surface area contributed by atoms with E-state index in [0.29, 0.717) is 12.3 Å². The highest BCUT2D eigenvalue weighted by molar-refractivity contribution is 7.89. The summed E-state index contributed by atoms with van der Waals surface area (Å²) in [4.78, 5) is 11.2. The second kappa shape index (κ2) is 5.78. The monoisotopic (exact) mass is 300 g/mol. The number of carboxylic acids is 1. The first-order valence-corrected chi connectivity index (χ1v) is 7.50. The predicted octanol–water partition coefficient (Wildman–Crippen LogP) is -0.258. The number of hydrogen-bond acceptors (Lipinski definition) is 5. The number of benzene rings is 1. The average molecular weight is 300 g/mol. The molecular formula is C12H16N2O5S. The van der Waals surface area contributed by atoms with Crippen molar-refractivity contribution in [1.82, 2.24) is 9.62 Å². The molecule has 1 aromatic rings. The minimum atomic E-state index is -3.82. The number of hydrogen-bond donors (Lipinski definition) is 2. The van der Waals surface area contributed by atoms with Crippen LogP contribution in [0, 0.1) is 0 Å². The minimum Gasteiger partial charge on any atom is -0.497 e. The maximum Gasteiger partial charge on any atom is 0.323 e. The zero-order valence-electron chi connectivity index (χ0n) is 10.9. The first kappa shape index (κ1) is 14.8. The van der Waals surface area contributed by atoms with E-state index in [1.54, 1.807) is 0 Å². The molecule has 1 saturated heterocycles. The Bertz CT molecular complexity index is 584. The highest BCUT2D eigenvalue weighted by Gasteiger charge is 2.37. The number of methoxy groups -OCH3 is 1. The highest BCUT2D eigenvalue weighted by Crippen LogP contribution is 2.22. The number of nitrogens with one attached hydrogen (secondary N) is 1. The number of rotatable bonds is 4. The Morgan fingerprint density at radius 2 is 2.05 bits per heavy atom. The van der Waals surface area contributed by atoms with Crippen molar-refractivity contribution in [3.8, 4) is 5.75 Å². The molecule has 0 aliphatic carbocycles. The number of piperazine rings is 1. The van der Waals surface area contributed by atoms with E-state index in [-0.39, 0.29) is 18.0 Å². The molecular weight excluding hydrogens is 284 g/mol. The maximum atomic E-state index is 12.5. The SMILES string of the molecule is COc1ccc(S(=O)(=O)N2CCNCC2C(=O)O)cc1. The number of carbonyl (C=O) groups is 1. The Morgan fingerprint density at radius 3 is 2.60 bits per heavy atom. The molecule has 1 atom stereocenters. The molecule has 0 amide bonds. The Kier molecular flexibility index (Phi) is 4.26. The summed E-state index contributed by atoms with van der Waals surface area (Å²) in [6, 6.07) is 4.80. The summed E-state index contributed by atoms with van der Waals surface area (Å²) in [7, 11) is -2.34. The predicted molar refractivity (Wildman–Crippen MR) is 71.2 cm³/mol. The van der Waals surface area contributed by atoms with Gasteiger partial charge in [0.05, 0.1) is 12.0 Å². The molecule has 0 radical (unpaired) electrons. The van der Waals surface area contributed by atoms with Crippen molar-refractivity contribution in [2.75, 3.05) is 26.7 Å². The molecule has 1 aliphatic rings. The quantitative estimate of drug-likeness (QED) is 0.795. The van der Waals surface area contributed by atoms with E-state index >= 15 is 0 Å². The van der Waals surface area contributed by atoms with Crippen LogP contribution in [0.2, 0.25) is 0 Å². The molecule has 8 heteroatoms. The lowest BCUT2D eigenvalue weighted by Crippen LogP contribution is -2.56. The summed E-state index contributed by atoms with van der Waals surface area (Å²) in [5, 5.41) is 12.0. The average Bonchev–Trinajstić information content (AvgIpc) is 2.47. The van der Waals surface area contributed by atoms with Crippen LogP contribution in [-0.2, 0) is 14.8 Å². The molecule has 0 saturated carbocycles. The summed E-state index contributed by atoms with van der Waals surface area (Å²) in [6.07, 6.45) is 0. The van der Waals surface area contributed by atoms with E-state index < -0.39 is 22.0 Å². The molecule has 1 heterocycles. The molecule has 1 aromatic carbocycles. The smallest absolute Gasteiger partial charge is 0.323 e. The molecule has 7 nitrogen and oxygen atoms in total. The molecule has 110 valence electrons. The van der Waals surface area contributed by atoms with Crippen LogP contribution in [0.5, 0.6) is 5.75 Å². The summed E-state index contributed by atoms with van der Waals surface area (Å²) in [5.74, 6) is -0.617. The van der Waals surface area contributed by atoms with E-state index in [9.17, 15) is 13.2 Å². The Morgan fingerprint density at radius 1 is 1.40 bits per heavy atom. The van der Waals surface area contributed by atoms with E-state index in [1.165, 1.54) is 31.4 Å². The molecule has 20 heavy (non-hydrogen) atoms. The van der Waals surface area contributed by atoms with Gasteiger partial charge in [0.25, 0.3) is 0 Å². The molecule has 0 bridgehead atoms. The summed E-state index contributed by atoms with van der Waals surface area (Å²) in [5.41, 5.74) is 0. The molecule has 1 aliphatic heterocycles. The van der Waals surface area contributed by atoms with Crippen LogP contribution in [0.3, 0.4) is 0 Å².